The monoisotopic (exact) mass is 232 g/mol. The van der Waals surface area contributed by atoms with Gasteiger partial charge in [0, 0.05) is 19.2 Å². The third-order valence-electron chi connectivity index (χ3n) is 2.48. The van der Waals surface area contributed by atoms with Gasteiger partial charge in [-0.05, 0) is 32.0 Å². The Labute approximate surface area is 100 Å². The van der Waals surface area contributed by atoms with E-state index in [0.717, 1.165) is 29.8 Å². The molecule has 2 rings (SSSR count). The highest BCUT2D eigenvalue weighted by molar-refractivity contribution is 5.53. The Morgan fingerprint density at radius 3 is 2.88 bits per heavy atom. The molecule has 0 saturated carbocycles. The fraction of sp³-hybridized carbons (Fsp3) is 0.417. The number of aryl methyl sites for hydroxylation is 2. The lowest BCUT2D eigenvalue weighted by Gasteiger charge is -2.00. The van der Waals surface area contributed by atoms with Gasteiger partial charge >= 0.3 is 0 Å². The van der Waals surface area contributed by atoms with Gasteiger partial charge in [0.2, 0.25) is 11.7 Å². The maximum Gasteiger partial charge on any atom is 0.228 e. The fourth-order valence-electron chi connectivity index (χ4n) is 1.63. The first-order chi connectivity index (χ1) is 8.20. The number of aromatic nitrogens is 3. The first-order valence-electron chi connectivity index (χ1n) is 5.61. The van der Waals surface area contributed by atoms with Crippen LogP contribution in [-0.4, -0.2) is 28.7 Å². The van der Waals surface area contributed by atoms with Crippen LogP contribution in [0.25, 0.3) is 11.5 Å². The maximum atomic E-state index is 5.17. The van der Waals surface area contributed by atoms with Crippen molar-refractivity contribution in [2.75, 3.05) is 13.6 Å². The smallest absolute Gasteiger partial charge is 0.228 e. The predicted octanol–water partition coefficient (Wildman–Crippen LogP) is 1.51. The third kappa shape index (κ3) is 2.68. The molecule has 0 unspecified atom stereocenters. The minimum atomic E-state index is 0.564. The van der Waals surface area contributed by atoms with Crippen LogP contribution in [0.2, 0.25) is 0 Å². The highest BCUT2D eigenvalue weighted by atomic mass is 16.5. The van der Waals surface area contributed by atoms with Crippen LogP contribution in [0, 0.1) is 13.8 Å². The van der Waals surface area contributed by atoms with Crippen molar-refractivity contribution in [3.05, 3.63) is 29.3 Å². The van der Waals surface area contributed by atoms with Crippen molar-refractivity contribution in [2.45, 2.75) is 20.3 Å². The van der Waals surface area contributed by atoms with Gasteiger partial charge in [-0.1, -0.05) is 11.2 Å². The number of likely N-dealkylation sites (N-methyl/N-ethyl adjacent to an activating group) is 1. The molecule has 0 amide bonds. The molecule has 0 saturated heterocycles. The zero-order chi connectivity index (χ0) is 12.3. The van der Waals surface area contributed by atoms with Gasteiger partial charge in [0.05, 0.1) is 0 Å². The largest absolute Gasteiger partial charge is 0.339 e. The van der Waals surface area contributed by atoms with Gasteiger partial charge < -0.3 is 9.84 Å². The van der Waals surface area contributed by atoms with E-state index in [0.29, 0.717) is 11.7 Å². The van der Waals surface area contributed by atoms with E-state index in [1.807, 2.05) is 27.1 Å². The van der Waals surface area contributed by atoms with Crippen LogP contribution in [0.3, 0.4) is 0 Å². The molecule has 2 aromatic rings. The van der Waals surface area contributed by atoms with E-state index in [1.165, 1.54) is 0 Å². The minimum absolute atomic E-state index is 0.564. The topological polar surface area (TPSA) is 63.8 Å². The Morgan fingerprint density at radius 1 is 1.35 bits per heavy atom. The van der Waals surface area contributed by atoms with Crippen molar-refractivity contribution in [3.8, 4) is 11.5 Å². The molecule has 0 spiro atoms. The van der Waals surface area contributed by atoms with Crippen LogP contribution in [0.15, 0.2) is 16.8 Å². The molecule has 0 aliphatic carbocycles. The van der Waals surface area contributed by atoms with Gasteiger partial charge in [0.1, 0.15) is 5.69 Å². The van der Waals surface area contributed by atoms with Crippen LogP contribution in [0.4, 0.5) is 0 Å². The number of nitrogens with one attached hydrogen (secondary N) is 1. The van der Waals surface area contributed by atoms with Gasteiger partial charge in [-0.25, -0.2) is 0 Å². The second-order valence-corrected chi connectivity index (χ2v) is 4.04. The number of hydrogen-bond acceptors (Lipinski definition) is 5. The SMILES string of the molecule is CNCCc1nc(-c2ncc(C)cc2C)no1. The van der Waals surface area contributed by atoms with Crippen molar-refractivity contribution in [3.63, 3.8) is 0 Å². The molecule has 17 heavy (non-hydrogen) atoms. The number of nitrogens with zero attached hydrogens (tertiary/aromatic N) is 3. The normalized spacial score (nSPS) is 10.8. The molecular weight excluding hydrogens is 216 g/mol. The quantitative estimate of drug-likeness (QED) is 0.865. The molecule has 0 aliphatic heterocycles. The van der Waals surface area contributed by atoms with E-state index >= 15 is 0 Å². The first-order valence-corrected chi connectivity index (χ1v) is 5.61. The second kappa shape index (κ2) is 5.05. The lowest BCUT2D eigenvalue weighted by molar-refractivity contribution is 0.377. The predicted molar refractivity (Wildman–Crippen MR) is 64.6 cm³/mol. The number of hydrogen-bond donors (Lipinski definition) is 1. The summed E-state index contributed by atoms with van der Waals surface area (Å²) in [5.74, 6) is 1.20. The maximum absolute atomic E-state index is 5.17. The molecule has 2 heterocycles. The van der Waals surface area contributed by atoms with E-state index in [4.69, 9.17) is 4.52 Å². The minimum Gasteiger partial charge on any atom is -0.339 e. The summed E-state index contributed by atoms with van der Waals surface area (Å²) in [6, 6.07) is 2.06. The second-order valence-electron chi connectivity index (χ2n) is 4.04. The molecule has 0 radical (unpaired) electrons. The molecule has 0 bridgehead atoms. The van der Waals surface area contributed by atoms with Crippen molar-refractivity contribution < 1.29 is 4.52 Å². The molecule has 0 atom stereocenters. The van der Waals surface area contributed by atoms with Crippen LogP contribution < -0.4 is 5.32 Å². The average Bonchev–Trinajstić information content (AvgIpc) is 2.75. The van der Waals surface area contributed by atoms with Gasteiger partial charge in [0.15, 0.2) is 0 Å². The Kier molecular flexibility index (Phi) is 3.49. The van der Waals surface area contributed by atoms with Crippen LogP contribution in [0.1, 0.15) is 17.0 Å². The summed E-state index contributed by atoms with van der Waals surface area (Å²) in [5.41, 5.74) is 2.98. The Bertz CT molecular complexity index is 507. The van der Waals surface area contributed by atoms with Crippen LogP contribution in [0.5, 0.6) is 0 Å². The zero-order valence-electron chi connectivity index (χ0n) is 10.3. The molecule has 2 aromatic heterocycles. The van der Waals surface area contributed by atoms with E-state index in [9.17, 15) is 0 Å². The van der Waals surface area contributed by atoms with E-state index in [2.05, 4.69) is 26.5 Å². The molecule has 0 aliphatic rings. The molecule has 1 N–H and O–H groups in total. The zero-order valence-corrected chi connectivity index (χ0v) is 10.3. The summed E-state index contributed by atoms with van der Waals surface area (Å²) in [7, 11) is 1.89. The van der Waals surface area contributed by atoms with Gasteiger partial charge in [-0.15, -0.1) is 0 Å². The Morgan fingerprint density at radius 2 is 2.18 bits per heavy atom. The summed E-state index contributed by atoms with van der Waals surface area (Å²) in [4.78, 5) is 8.67. The molecule has 5 heteroatoms. The summed E-state index contributed by atoms with van der Waals surface area (Å²) >= 11 is 0. The number of pyridine rings is 1. The molecule has 5 nitrogen and oxygen atoms in total. The Balaban J connectivity index is 2.24. The van der Waals surface area contributed by atoms with Gasteiger partial charge in [-0.2, -0.15) is 4.98 Å². The van der Waals surface area contributed by atoms with Crippen molar-refractivity contribution in [1.82, 2.24) is 20.4 Å². The highest BCUT2D eigenvalue weighted by Crippen LogP contribution is 2.18. The summed E-state index contributed by atoms with van der Waals surface area (Å²) < 4.78 is 5.17. The van der Waals surface area contributed by atoms with E-state index in [1.54, 1.807) is 0 Å². The van der Waals surface area contributed by atoms with E-state index in [-0.39, 0.29) is 0 Å². The lowest BCUT2D eigenvalue weighted by Crippen LogP contribution is -2.10. The van der Waals surface area contributed by atoms with Crippen LogP contribution >= 0.6 is 0 Å². The Hall–Kier alpha value is -1.75. The lowest BCUT2D eigenvalue weighted by atomic mass is 10.1. The van der Waals surface area contributed by atoms with Crippen LogP contribution in [-0.2, 0) is 6.42 Å². The summed E-state index contributed by atoms with van der Waals surface area (Å²) in [6.07, 6.45) is 2.54. The molecule has 0 aromatic carbocycles. The average molecular weight is 232 g/mol. The van der Waals surface area contributed by atoms with Crippen molar-refractivity contribution >= 4 is 0 Å². The van der Waals surface area contributed by atoms with Crippen molar-refractivity contribution in [1.29, 1.82) is 0 Å². The number of rotatable bonds is 4. The van der Waals surface area contributed by atoms with Gasteiger partial charge in [-0.3, -0.25) is 4.98 Å². The molecule has 90 valence electrons. The highest BCUT2D eigenvalue weighted by Gasteiger charge is 2.11. The third-order valence-corrected chi connectivity index (χ3v) is 2.48. The molecule has 0 fully saturated rings. The first kappa shape index (κ1) is 11.7. The summed E-state index contributed by atoms with van der Waals surface area (Å²) in [5, 5.41) is 6.99. The van der Waals surface area contributed by atoms with Gasteiger partial charge in [0.25, 0.3) is 0 Å². The summed E-state index contributed by atoms with van der Waals surface area (Å²) in [6.45, 7) is 4.83. The van der Waals surface area contributed by atoms with E-state index < -0.39 is 0 Å². The standard InChI is InChI=1S/C12H16N4O/c1-8-6-9(2)11(14-7-8)12-15-10(17-16-12)4-5-13-3/h6-7,13H,4-5H2,1-3H3. The fourth-order valence-corrected chi connectivity index (χ4v) is 1.63. The molecular formula is C12H16N4O. The van der Waals surface area contributed by atoms with Crippen molar-refractivity contribution in [2.24, 2.45) is 0 Å².